The standard InChI is InChI=1S/C17H16FNO5S/c1-11-7-8-12(18)9-13(11)17(21)24-10-16(20)19-14-5-3-4-6-15(14)25(2,22)23/h3-9H,10H2,1-2H3,(H,19,20). The van der Waals surface area contributed by atoms with Crippen molar-refractivity contribution in [2.24, 2.45) is 0 Å². The summed E-state index contributed by atoms with van der Waals surface area (Å²) in [5, 5.41) is 2.38. The number of carbonyl (C=O) groups excluding carboxylic acids is 2. The second-order valence-corrected chi connectivity index (χ2v) is 7.34. The lowest BCUT2D eigenvalue weighted by Gasteiger charge is -2.10. The maximum absolute atomic E-state index is 13.2. The van der Waals surface area contributed by atoms with Gasteiger partial charge in [0.05, 0.1) is 16.1 Å². The van der Waals surface area contributed by atoms with Crippen LogP contribution in [-0.4, -0.2) is 33.2 Å². The van der Waals surface area contributed by atoms with Crippen LogP contribution in [0.2, 0.25) is 0 Å². The molecule has 0 atom stereocenters. The first-order valence-corrected chi connectivity index (χ1v) is 9.10. The SMILES string of the molecule is Cc1ccc(F)cc1C(=O)OCC(=O)Nc1ccccc1S(C)(=O)=O. The number of ether oxygens (including phenoxy) is 1. The highest BCUT2D eigenvalue weighted by Gasteiger charge is 2.17. The van der Waals surface area contributed by atoms with Crippen LogP contribution in [0.25, 0.3) is 0 Å². The third-order valence-electron chi connectivity index (χ3n) is 3.31. The summed E-state index contributed by atoms with van der Waals surface area (Å²) < 4.78 is 41.4. The van der Waals surface area contributed by atoms with E-state index in [1.807, 2.05) is 0 Å². The van der Waals surface area contributed by atoms with Crippen LogP contribution in [0.5, 0.6) is 0 Å². The van der Waals surface area contributed by atoms with E-state index in [1.165, 1.54) is 30.3 Å². The minimum Gasteiger partial charge on any atom is -0.452 e. The third kappa shape index (κ3) is 4.87. The van der Waals surface area contributed by atoms with Crippen molar-refractivity contribution in [2.75, 3.05) is 18.2 Å². The lowest BCUT2D eigenvalue weighted by atomic mass is 10.1. The lowest BCUT2D eigenvalue weighted by molar-refractivity contribution is -0.119. The number of hydrogen-bond acceptors (Lipinski definition) is 5. The first-order valence-electron chi connectivity index (χ1n) is 7.20. The molecule has 25 heavy (non-hydrogen) atoms. The van der Waals surface area contributed by atoms with Crippen LogP contribution >= 0.6 is 0 Å². The van der Waals surface area contributed by atoms with E-state index in [-0.39, 0.29) is 16.1 Å². The Morgan fingerprint density at radius 3 is 2.52 bits per heavy atom. The van der Waals surface area contributed by atoms with Gasteiger partial charge in [-0.2, -0.15) is 0 Å². The monoisotopic (exact) mass is 365 g/mol. The molecule has 132 valence electrons. The Bertz CT molecular complexity index is 924. The molecule has 1 amide bonds. The molecule has 0 bridgehead atoms. The molecule has 8 heteroatoms. The Balaban J connectivity index is 2.05. The summed E-state index contributed by atoms with van der Waals surface area (Å²) in [6.07, 6.45) is 1.02. The number of sulfone groups is 1. The molecule has 1 N–H and O–H groups in total. The maximum Gasteiger partial charge on any atom is 0.339 e. The van der Waals surface area contributed by atoms with Gasteiger partial charge in [-0.25, -0.2) is 17.6 Å². The van der Waals surface area contributed by atoms with Crippen molar-refractivity contribution in [2.45, 2.75) is 11.8 Å². The summed E-state index contributed by atoms with van der Waals surface area (Å²) in [6, 6.07) is 9.52. The fraction of sp³-hybridized carbons (Fsp3) is 0.176. The van der Waals surface area contributed by atoms with Crippen molar-refractivity contribution in [1.29, 1.82) is 0 Å². The van der Waals surface area contributed by atoms with E-state index in [0.29, 0.717) is 5.56 Å². The van der Waals surface area contributed by atoms with Crippen LogP contribution in [0.15, 0.2) is 47.4 Å². The van der Waals surface area contributed by atoms with E-state index in [4.69, 9.17) is 4.74 Å². The van der Waals surface area contributed by atoms with Gasteiger partial charge in [0.15, 0.2) is 16.4 Å². The number of hydrogen-bond donors (Lipinski definition) is 1. The highest BCUT2D eigenvalue weighted by molar-refractivity contribution is 7.90. The number of aryl methyl sites for hydroxylation is 1. The van der Waals surface area contributed by atoms with Gasteiger partial charge in [0.2, 0.25) is 0 Å². The first-order chi connectivity index (χ1) is 11.7. The number of para-hydroxylation sites is 1. The second-order valence-electron chi connectivity index (χ2n) is 5.35. The molecular weight excluding hydrogens is 349 g/mol. The summed E-state index contributed by atoms with van der Waals surface area (Å²) in [5.41, 5.74) is 0.617. The molecule has 0 heterocycles. The molecule has 6 nitrogen and oxygen atoms in total. The van der Waals surface area contributed by atoms with Crippen molar-refractivity contribution in [1.82, 2.24) is 0 Å². The van der Waals surface area contributed by atoms with Crippen molar-refractivity contribution in [3.05, 3.63) is 59.4 Å². The highest BCUT2D eigenvalue weighted by Crippen LogP contribution is 2.20. The Morgan fingerprint density at radius 1 is 1.16 bits per heavy atom. The molecule has 0 spiro atoms. The van der Waals surface area contributed by atoms with E-state index in [9.17, 15) is 22.4 Å². The predicted molar refractivity (Wildman–Crippen MR) is 89.6 cm³/mol. The zero-order valence-electron chi connectivity index (χ0n) is 13.6. The van der Waals surface area contributed by atoms with Crippen LogP contribution in [0.4, 0.5) is 10.1 Å². The van der Waals surface area contributed by atoms with Crippen LogP contribution in [0.1, 0.15) is 15.9 Å². The topological polar surface area (TPSA) is 89.5 Å². The van der Waals surface area contributed by atoms with E-state index < -0.39 is 34.1 Å². The van der Waals surface area contributed by atoms with E-state index in [1.54, 1.807) is 13.0 Å². The zero-order valence-corrected chi connectivity index (χ0v) is 14.4. The minimum atomic E-state index is -3.53. The van der Waals surface area contributed by atoms with Gasteiger partial charge in [0, 0.05) is 6.26 Å². The highest BCUT2D eigenvalue weighted by atomic mass is 32.2. The average molecular weight is 365 g/mol. The molecule has 2 aromatic carbocycles. The zero-order chi connectivity index (χ0) is 18.6. The summed E-state index contributed by atoms with van der Waals surface area (Å²) in [7, 11) is -3.53. The van der Waals surface area contributed by atoms with Crippen molar-refractivity contribution in [3.63, 3.8) is 0 Å². The van der Waals surface area contributed by atoms with Crippen molar-refractivity contribution >= 4 is 27.4 Å². The summed E-state index contributed by atoms with van der Waals surface area (Å²) in [6.45, 7) is 0.978. The number of amides is 1. The lowest BCUT2D eigenvalue weighted by Crippen LogP contribution is -2.22. The van der Waals surface area contributed by atoms with E-state index in [2.05, 4.69) is 5.32 Å². The molecule has 0 radical (unpaired) electrons. The molecule has 0 aromatic heterocycles. The molecule has 2 aromatic rings. The Morgan fingerprint density at radius 2 is 1.84 bits per heavy atom. The van der Waals surface area contributed by atoms with Gasteiger partial charge in [-0.3, -0.25) is 4.79 Å². The van der Waals surface area contributed by atoms with Gasteiger partial charge in [-0.15, -0.1) is 0 Å². The molecule has 0 aliphatic rings. The molecule has 0 unspecified atom stereocenters. The van der Waals surface area contributed by atoms with Crippen molar-refractivity contribution in [3.8, 4) is 0 Å². The third-order valence-corrected chi connectivity index (χ3v) is 4.47. The smallest absolute Gasteiger partial charge is 0.339 e. The number of rotatable bonds is 5. The number of benzene rings is 2. The Kier molecular flexibility index (Phi) is 5.53. The van der Waals surface area contributed by atoms with Gasteiger partial charge < -0.3 is 10.1 Å². The number of esters is 1. The fourth-order valence-corrected chi connectivity index (χ4v) is 2.95. The Hall–Kier alpha value is -2.74. The van der Waals surface area contributed by atoms with Crippen LogP contribution < -0.4 is 5.32 Å². The average Bonchev–Trinajstić information content (AvgIpc) is 2.54. The summed E-state index contributed by atoms with van der Waals surface area (Å²) in [4.78, 5) is 23.8. The second kappa shape index (κ2) is 7.43. The predicted octanol–water partition coefficient (Wildman–Crippen LogP) is 2.33. The van der Waals surface area contributed by atoms with Gasteiger partial charge >= 0.3 is 5.97 Å². The Labute approximate surface area is 144 Å². The van der Waals surface area contributed by atoms with Gasteiger partial charge in [0.1, 0.15) is 5.82 Å². The van der Waals surface area contributed by atoms with Crippen LogP contribution in [0.3, 0.4) is 0 Å². The minimum absolute atomic E-state index is 0.0179. The van der Waals surface area contributed by atoms with Gasteiger partial charge in [-0.05, 0) is 36.8 Å². The van der Waals surface area contributed by atoms with Crippen LogP contribution in [0, 0.1) is 12.7 Å². The number of carbonyl (C=O) groups is 2. The molecule has 0 saturated heterocycles. The van der Waals surface area contributed by atoms with E-state index in [0.717, 1.165) is 12.3 Å². The molecule has 2 rings (SSSR count). The molecular formula is C17H16FNO5S. The molecule has 0 aliphatic heterocycles. The quantitative estimate of drug-likeness (QED) is 0.822. The summed E-state index contributed by atoms with van der Waals surface area (Å²) >= 11 is 0. The molecule has 0 saturated carbocycles. The molecule has 0 aliphatic carbocycles. The number of halogens is 1. The fourth-order valence-electron chi connectivity index (χ4n) is 2.10. The largest absolute Gasteiger partial charge is 0.452 e. The van der Waals surface area contributed by atoms with Crippen LogP contribution in [-0.2, 0) is 19.4 Å². The van der Waals surface area contributed by atoms with Crippen molar-refractivity contribution < 1.29 is 27.1 Å². The normalized spacial score (nSPS) is 11.0. The number of nitrogens with one attached hydrogen (secondary N) is 1. The van der Waals surface area contributed by atoms with E-state index >= 15 is 0 Å². The maximum atomic E-state index is 13.2. The summed E-state index contributed by atoms with van der Waals surface area (Å²) in [5.74, 6) is -2.15. The number of anilines is 1. The van der Waals surface area contributed by atoms with Gasteiger partial charge in [-0.1, -0.05) is 18.2 Å². The first kappa shape index (κ1) is 18.6. The van der Waals surface area contributed by atoms with Gasteiger partial charge in [0.25, 0.3) is 5.91 Å². The molecule has 0 fully saturated rings.